The molecule has 0 aromatic carbocycles. The van der Waals surface area contributed by atoms with Crippen molar-refractivity contribution in [2.45, 2.75) is 6.18 Å². The smallest absolute Gasteiger partial charge is 0.433 e. The average Bonchev–Trinajstić information content (AvgIpc) is 3.58. The van der Waals surface area contributed by atoms with Gasteiger partial charge in [-0.05, 0) is 30.3 Å². The van der Waals surface area contributed by atoms with Crippen LogP contribution in [-0.2, 0) is 6.18 Å². The highest BCUT2D eigenvalue weighted by Gasteiger charge is 2.37. The molecular formula is C21H16F3N5O4. The molecule has 1 saturated heterocycles. The summed E-state index contributed by atoms with van der Waals surface area (Å²) >= 11 is 0. The van der Waals surface area contributed by atoms with Crippen LogP contribution in [0, 0.1) is 0 Å². The number of alkyl halides is 3. The number of rotatable bonds is 3. The second-order valence-electron chi connectivity index (χ2n) is 7.36. The molecule has 1 fully saturated rings. The van der Waals surface area contributed by atoms with Crippen LogP contribution >= 0.6 is 0 Å². The van der Waals surface area contributed by atoms with Crippen molar-refractivity contribution < 1.29 is 31.6 Å². The van der Waals surface area contributed by atoms with E-state index in [-0.39, 0.29) is 60.5 Å². The Bertz CT molecular complexity index is 1300. The maximum absolute atomic E-state index is 13.7. The van der Waals surface area contributed by atoms with Gasteiger partial charge < -0.3 is 18.6 Å². The molecule has 5 heterocycles. The standard InChI is InChI=1S/C21H16F3N5O4/c22-21(23,24)17-11-14(15-3-1-9-32-15)26-18-13(12-25-29(17)18)19(30)27-5-7-28(8-6-27)20(31)16-4-2-10-33-16/h1-4,9-12H,5-8H2. The van der Waals surface area contributed by atoms with Gasteiger partial charge in [0.15, 0.2) is 22.9 Å². The number of hydrogen-bond acceptors (Lipinski definition) is 6. The Labute approximate surface area is 184 Å². The van der Waals surface area contributed by atoms with E-state index in [2.05, 4.69) is 10.1 Å². The predicted octanol–water partition coefficient (Wildman–Crippen LogP) is 3.20. The summed E-state index contributed by atoms with van der Waals surface area (Å²) in [6.45, 7) is 0.909. The van der Waals surface area contributed by atoms with Crippen LogP contribution < -0.4 is 0 Å². The summed E-state index contributed by atoms with van der Waals surface area (Å²) in [7, 11) is 0. The summed E-state index contributed by atoms with van der Waals surface area (Å²) in [5, 5.41) is 3.78. The Morgan fingerprint density at radius 3 is 2.21 bits per heavy atom. The topological polar surface area (TPSA) is 97.1 Å². The second kappa shape index (κ2) is 7.80. The van der Waals surface area contributed by atoms with Gasteiger partial charge in [-0.2, -0.15) is 18.3 Å². The monoisotopic (exact) mass is 459 g/mol. The van der Waals surface area contributed by atoms with E-state index in [1.165, 1.54) is 29.6 Å². The quantitative estimate of drug-likeness (QED) is 0.467. The van der Waals surface area contributed by atoms with Crippen LogP contribution in [0.25, 0.3) is 17.1 Å². The van der Waals surface area contributed by atoms with E-state index in [9.17, 15) is 22.8 Å². The van der Waals surface area contributed by atoms with Crippen LogP contribution in [0.5, 0.6) is 0 Å². The number of nitrogens with zero attached hydrogens (tertiary/aromatic N) is 5. The summed E-state index contributed by atoms with van der Waals surface area (Å²) in [6.07, 6.45) is -0.934. The third kappa shape index (κ3) is 3.73. The van der Waals surface area contributed by atoms with Crippen molar-refractivity contribution in [2.75, 3.05) is 26.2 Å². The minimum Gasteiger partial charge on any atom is -0.463 e. The summed E-state index contributed by atoms with van der Waals surface area (Å²) in [6, 6.07) is 7.00. The van der Waals surface area contributed by atoms with E-state index in [0.29, 0.717) is 4.52 Å². The number of piperazine rings is 1. The van der Waals surface area contributed by atoms with E-state index in [1.807, 2.05) is 0 Å². The van der Waals surface area contributed by atoms with Gasteiger partial charge >= 0.3 is 6.18 Å². The minimum absolute atomic E-state index is 0.0664. The lowest BCUT2D eigenvalue weighted by atomic mass is 10.2. The molecule has 0 aliphatic carbocycles. The zero-order valence-electron chi connectivity index (χ0n) is 17.0. The first-order chi connectivity index (χ1) is 15.8. The van der Waals surface area contributed by atoms with Crippen molar-refractivity contribution >= 4 is 17.5 Å². The lowest BCUT2D eigenvalue weighted by Crippen LogP contribution is -2.50. The van der Waals surface area contributed by atoms with Gasteiger partial charge in [0.05, 0.1) is 18.7 Å². The van der Waals surface area contributed by atoms with E-state index in [0.717, 1.165) is 12.3 Å². The number of aromatic nitrogens is 3. The summed E-state index contributed by atoms with van der Waals surface area (Å²) in [5.74, 6) is -0.477. The van der Waals surface area contributed by atoms with Gasteiger partial charge in [0.2, 0.25) is 0 Å². The third-order valence-electron chi connectivity index (χ3n) is 5.35. The second-order valence-corrected chi connectivity index (χ2v) is 7.36. The molecule has 1 aliphatic rings. The molecule has 0 atom stereocenters. The third-order valence-corrected chi connectivity index (χ3v) is 5.35. The Morgan fingerprint density at radius 1 is 0.939 bits per heavy atom. The highest BCUT2D eigenvalue weighted by atomic mass is 19.4. The van der Waals surface area contributed by atoms with Crippen molar-refractivity contribution in [2.24, 2.45) is 0 Å². The fourth-order valence-electron chi connectivity index (χ4n) is 3.71. The predicted molar refractivity (Wildman–Crippen MR) is 106 cm³/mol. The molecule has 2 amide bonds. The van der Waals surface area contributed by atoms with Crippen LogP contribution in [-0.4, -0.2) is 62.4 Å². The van der Waals surface area contributed by atoms with Gasteiger partial charge in [-0.3, -0.25) is 9.59 Å². The van der Waals surface area contributed by atoms with E-state index >= 15 is 0 Å². The average molecular weight is 459 g/mol. The molecule has 0 radical (unpaired) electrons. The van der Waals surface area contributed by atoms with Crippen molar-refractivity contribution in [1.82, 2.24) is 24.4 Å². The van der Waals surface area contributed by atoms with Crippen molar-refractivity contribution in [3.8, 4) is 11.5 Å². The van der Waals surface area contributed by atoms with Crippen molar-refractivity contribution in [1.29, 1.82) is 0 Å². The minimum atomic E-state index is -4.73. The van der Waals surface area contributed by atoms with Crippen LogP contribution in [0.4, 0.5) is 13.2 Å². The van der Waals surface area contributed by atoms with Crippen LogP contribution in [0.15, 0.2) is 57.9 Å². The molecule has 4 aromatic heterocycles. The Kier molecular flexibility index (Phi) is 4.91. The lowest BCUT2D eigenvalue weighted by Gasteiger charge is -2.34. The molecule has 1 aliphatic heterocycles. The van der Waals surface area contributed by atoms with Crippen LogP contribution in [0.3, 0.4) is 0 Å². The number of carbonyl (C=O) groups excluding carboxylic acids is 2. The summed E-state index contributed by atoms with van der Waals surface area (Å²) < 4.78 is 52.0. The molecule has 0 spiro atoms. The van der Waals surface area contributed by atoms with Crippen LogP contribution in [0.2, 0.25) is 0 Å². The molecule has 5 rings (SSSR count). The highest BCUT2D eigenvalue weighted by molar-refractivity contribution is 6.00. The largest absolute Gasteiger partial charge is 0.463 e. The molecule has 0 N–H and O–H groups in total. The number of furan rings is 2. The normalized spacial score (nSPS) is 14.8. The maximum Gasteiger partial charge on any atom is 0.433 e. The van der Waals surface area contributed by atoms with Gasteiger partial charge in [-0.15, -0.1) is 0 Å². The molecular weight excluding hydrogens is 443 g/mol. The Balaban J connectivity index is 1.43. The number of fused-ring (bicyclic) bond motifs is 1. The SMILES string of the molecule is O=C(c1ccco1)N1CCN(C(=O)c2cnn3c(C(F)(F)F)cc(-c4ccco4)nc23)CC1. The molecule has 9 nitrogen and oxygen atoms in total. The number of amides is 2. The molecule has 0 saturated carbocycles. The van der Waals surface area contributed by atoms with Crippen LogP contribution in [0.1, 0.15) is 26.6 Å². The lowest BCUT2D eigenvalue weighted by molar-refractivity contribution is -0.142. The Hall–Kier alpha value is -4.09. The fraction of sp³-hybridized carbons (Fsp3) is 0.238. The molecule has 4 aromatic rings. The number of halogens is 3. The van der Waals surface area contributed by atoms with Crippen molar-refractivity contribution in [3.63, 3.8) is 0 Å². The highest BCUT2D eigenvalue weighted by Crippen LogP contribution is 2.33. The first-order valence-electron chi connectivity index (χ1n) is 9.95. The molecule has 12 heteroatoms. The number of carbonyl (C=O) groups is 2. The zero-order valence-corrected chi connectivity index (χ0v) is 17.0. The molecule has 0 bridgehead atoms. The molecule has 0 unspecified atom stereocenters. The van der Waals surface area contributed by atoms with E-state index in [4.69, 9.17) is 8.83 Å². The van der Waals surface area contributed by atoms with E-state index in [1.54, 1.807) is 17.0 Å². The van der Waals surface area contributed by atoms with E-state index < -0.39 is 17.8 Å². The first kappa shape index (κ1) is 20.8. The van der Waals surface area contributed by atoms with Gasteiger partial charge in [-0.25, -0.2) is 9.50 Å². The fourth-order valence-corrected chi connectivity index (χ4v) is 3.71. The van der Waals surface area contributed by atoms with Gasteiger partial charge in [-0.1, -0.05) is 0 Å². The van der Waals surface area contributed by atoms with Gasteiger partial charge in [0.25, 0.3) is 11.8 Å². The first-order valence-corrected chi connectivity index (χ1v) is 9.95. The van der Waals surface area contributed by atoms with Gasteiger partial charge in [0, 0.05) is 26.2 Å². The summed E-state index contributed by atoms with van der Waals surface area (Å²) in [5.41, 5.74) is -1.44. The van der Waals surface area contributed by atoms with Gasteiger partial charge in [0.1, 0.15) is 11.3 Å². The molecule has 170 valence electrons. The number of hydrogen-bond donors (Lipinski definition) is 0. The van der Waals surface area contributed by atoms with Crippen molar-refractivity contribution in [3.05, 3.63) is 66.1 Å². The summed E-state index contributed by atoms with van der Waals surface area (Å²) in [4.78, 5) is 32.8. The maximum atomic E-state index is 13.7. The molecule has 33 heavy (non-hydrogen) atoms. The zero-order chi connectivity index (χ0) is 23.2. The Morgan fingerprint density at radius 2 is 1.61 bits per heavy atom.